The van der Waals surface area contributed by atoms with E-state index in [0.717, 1.165) is 10.4 Å². The first-order valence-electron chi connectivity index (χ1n) is 6.07. The third-order valence-corrected chi connectivity index (χ3v) is 5.06. The van der Waals surface area contributed by atoms with Crippen LogP contribution in [0, 0.1) is 28.4 Å². The van der Waals surface area contributed by atoms with E-state index in [1.54, 1.807) is 13.0 Å². The molecule has 0 aromatic heterocycles. The Balaban J connectivity index is 3.44. The summed E-state index contributed by atoms with van der Waals surface area (Å²) in [5.41, 5.74) is -0.169. The molecule has 0 amide bonds. The Morgan fingerprint density at radius 3 is 2.57 bits per heavy atom. The van der Waals surface area contributed by atoms with Crippen molar-refractivity contribution in [3.05, 3.63) is 32.8 Å². The lowest BCUT2D eigenvalue weighted by Gasteiger charge is -2.18. The average Bonchev–Trinajstić information content (AvgIpc) is 2.40. The molecule has 0 N–H and O–H groups in total. The molecule has 0 unspecified atom stereocenters. The molecule has 0 aliphatic heterocycles. The van der Waals surface area contributed by atoms with E-state index >= 15 is 0 Å². The molecule has 1 rings (SSSR count). The Morgan fingerprint density at radius 2 is 2.10 bits per heavy atom. The molecule has 0 saturated heterocycles. The molecule has 7 nitrogen and oxygen atoms in total. The Hall–Kier alpha value is -1.69. The zero-order valence-electron chi connectivity index (χ0n) is 11.5. The van der Waals surface area contributed by atoms with Gasteiger partial charge in [0, 0.05) is 18.2 Å². The fourth-order valence-corrected chi connectivity index (χ4v) is 3.50. The molecule has 0 bridgehead atoms. The van der Waals surface area contributed by atoms with Crippen LogP contribution in [-0.4, -0.2) is 30.7 Å². The molecule has 1 aromatic rings. The predicted molar refractivity (Wildman–Crippen MR) is 77.5 cm³/mol. The Morgan fingerprint density at radius 1 is 1.48 bits per heavy atom. The van der Waals surface area contributed by atoms with Crippen molar-refractivity contribution >= 4 is 27.3 Å². The van der Waals surface area contributed by atoms with Gasteiger partial charge in [-0.3, -0.25) is 10.1 Å². The maximum atomic E-state index is 12.4. The minimum absolute atomic E-state index is 0.00354. The molecule has 114 valence electrons. The van der Waals surface area contributed by atoms with Crippen LogP contribution in [0.2, 0.25) is 5.02 Å². The Kier molecular flexibility index (Phi) is 5.66. The Bertz CT molecular complexity index is 697. The van der Waals surface area contributed by atoms with Crippen LogP contribution in [0.25, 0.3) is 0 Å². The molecule has 1 aromatic carbocycles. The molecule has 21 heavy (non-hydrogen) atoms. The molecule has 0 spiro atoms. The molecule has 0 aliphatic carbocycles. The summed E-state index contributed by atoms with van der Waals surface area (Å²) in [5, 5.41) is 19.7. The summed E-state index contributed by atoms with van der Waals surface area (Å²) in [5.74, 6) is 0. The summed E-state index contributed by atoms with van der Waals surface area (Å²) in [7, 11) is -4.00. The zero-order chi connectivity index (χ0) is 16.2. The van der Waals surface area contributed by atoms with Crippen molar-refractivity contribution in [2.45, 2.75) is 25.2 Å². The summed E-state index contributed by atoms with van der Waals surface area (Å²) < 4.78 is 25.9. The van der Waals surface area contributed by atoms with Gasteiger partial charge >= 0.3 is 0 Å². The van der Waals surface area contributed by atoms with Gasteiger partial charge in [-0.15, -0.1) is 0 Å². The summed E-state index contributed by atoms with van der Waals surface area (Å²) in [4.78, 5) is 9.99. The molecule has 9 heteroatoms. The summed E-state index contributed by atoms with van der Waals surface area (Å²) in [6.45, 7) is 3.03. The lowest BCUT2D eigenvalue weighted by atomic mass is 10.2. The average molecular weight is 332 g/mol. The van der Waals surface area contributed by atoms with Crippen LogP contribution in [0.5, 0.6) is 0 Å². The molecule has 0 saturated carbocycles. The van der Waals surface area contributed by atoms with Gasteiger partial charge in [0.25, 0.3) is 5.69 Å². The van der Waals surface area contributed by atoms with Gasteiger partial charge in [0.05, 0.1) is 20.9 Å². The smallest absolute Gasteiger partial charge is 0.258 e. The van der Waals surface area contributed by atoms with E-state index in [0.29, 0.717) is 6.42 Å². The zero-order valence-corrected chi connectivity index (χ0v) is 13.1. The van der Waals surface area contributed by atoms with Crippen LogP contribution < -0.4 is 0 Å². The third kappa shape index (κ3) is 3.69. The van der Waals surface area contributed by atoms with Gasteiger partial charge in [0.1, 0.15) is 6.54 Å². The van der Waals surface area contributed by atoms with E-state index in [4.69, 9.17) is 16.9 Å². The lowest BCUT2D eigenvalue weighted by Crippen LogP contribution is -2.32. The van der Waals surface area contributed by atoms with Crippen molar-refractivity contribution in [3.63, 3.8) is 0 Å². The summed E-state index contributed by atoms with van der Waals surface area (Å²) >= 11 is 5.88. The minimum atomic E-state index is -4.00. The standard InChI is InChI=1S/C12H14ClN3O4S/c1-3-5-15(6-4-14)21(19,20)10-7-11(13)9(2)12(8-10)16(17)18/h7-8H,3,5-6H2,1-2H3. The number of nitriles is 1. The maximum absolute atomic E-state index is 12.4. The second-order valence-electron chi connectivity index (χ2n) is 4.30. The molecular formula is C12H14ClN3O4S. The second-order valence-corrected chi connectivity index (χ2v) is 6.65. The monoisotopic (exact) mass is 331 g/mol. The number of nitro groups is 1. The molecular weight excluding hydrogens is 318 g/mol. The topological polar surface area (TPSA) is 104 Å². The molecule has 0 atom stereocenters. The van der Waals surface area contributed by atoms with Gasteiger partial charge in [-0.1, -0.05) is 18.5 Å². The number of hydrogen-bond acceptors (Lipinski definition) is 5. The largest absolute Gasteiger partial charge is 0.275 e. The van der Waals surface area contributed by atoms with Crippen molar-refractivity contribution in [1.29, 1.82) is 5.26 Å². The fourth-order valence-electron chi connectivity index (χ4n) is 1.74. The number of halogens is 1. The maximum Gasteiger partial charge on any atom is 0.275 e. The van der Waals surface area contributed by atoms with Crippen molar-refractivity contribution < 1.29 is 13.3 Å². The molecule has 0 radical (unpaired) electrons. The highest BCUT2D eigenvalue weighted by Gasteiger charge is 2.27. The number of nitrogens with zero attached hydrogens (tertiary/aromatic N) is 3. The number of benzene rings is 1. The van der Waals surface area contributed by atoms with Crippen LogP contribution in [0.1, 0.15) is 18.9 Å². The van der Waals surface area contributed by atoms with Crippen molar-refractivity contribution in [2.75, 3.05) is 13.1 Å². The first kappa shape index (κ1) is 17.4. The van der Waals surface area contributed by atoms with Gasteiger partial charge in [0.2, 0.25) is 10.0 Å². The molecule has 0 fully saturated rings. The van der Waals surface area contributed by atoms with Crippen LogP contribution in [-0.2, 0) is 10.0 Å². The van der Waals surface area contributed by atoms with Crippen LogP contribution in [0.3, 0.4) is 0 Å². The van der Waals surface area contributed by atoms with Gasteiger partial charge in [0.15, 0.2) is 0 Å². The SMILES string of the molecule is CCCN(CC#N)S(=O)(=O)c1cc(Cl)c(C)c([N+](=O)[O-])c1. The highest BCUT2D eigenvalue weighted by Crippen LogP contribution is 2.30. The fraction of sp³-hybridized carbons (Fsp3) is 0.417. The lowest BCUT2D eigenvalue weighted by molar-refractivity contribution is -0.385. The van der Waals surface area contributed by atoms with E-state index in [1.807, 2.05) is 0 Å². The van der Waals surface area contributed by atoms with Gasteiger partial charge in [-0.2, -0.15) is 9.57 Å². The molecule has 0 heterocycles. The Labute approximate surface area is 127 Å². The second kappa shape index (κ2) is 6.85. The minimum Gasteiger partial charge on any atom is -0.258 e. The highest BCUT2D eigenvalue weighted by molar-refractivity contribution is 7.89. The van der Waals surface area contributed by atoms with E-state index in [9.17, 15) is 18.5 Å². The quantitative estimate of drug-likeness (QED) is 0.452. The van der Waals surface area contributed by atoms with E-state index in [2.05, 4.69) is 0 Å². The number of nitro benzene ring substituents is 1. The van der Waals surface area contributed by atoms with Gasteiger partial charge in [-0.05, 0) is 19.4 Å². The van der Waals surface area contributed by atoms with E-state index < -0.39 is 14.9 Å². The number of hydrogen-bond donors (Lipinski definition) is 0. The number of sulfonamides is 1. The third-order valence-electron chi connectivity index (χ3n) is 2.84. The van der Waals surface area contributed by atoms with Crippen molar-refractivity contribution in [2.24, 2.45) is 0 Å². The van der Waals surface area contributed by atoms with Crippen LogP contribution in [0.4, 0.5) is 5.69 Å². The van der Waals surface area contributed by atoms with Gasteiger partial charge < -0.3 is 0 Å². The first-order chi connectivity index (χ1) is 9.75. The predicted octanol–water partition coefficient (Wildman–Crippen LogP) is 2.48. The van der Waals surface area contributed by atoms with E-state index in [1.165, 1.54) is 13.0 Å². The normalized spacial score (nSPS) is 11.4. The van der Waals surface area contributed by atoms with Crippen molar-refractivity contribution in [3.8, 4) is 6.07 Å². The summed E-state index contributed by atoms with van der Waals surface area (Å²) in [6, 6.07) is 3.91. The van der Waals surface area contributed by atoms with Crippen molar-refractivity contribution in [1.82, 2.24) is 4.31 Å². The van der Waals surface area contributed by atoms with Crippen LogP contribution >= 0.6 is 11.6 Å². The van der Waals surface area contributed by atoms with E-state index in [-0.39, 0.29) is 34.3 Å². The number of rotatable bonds is 6. The first-order valence-corrected chi connectivity index (χ1v) is 7.89. The summed E-state index contributed by atoms with van der Waals surface area (Å²) in [6.07, 6.45) is 0.516. The van der Waals surface area contributed by atoms with Crippen LogP contribution in [0.15, 0.2) is 17.0 Å². The highest BCUT2D eigenvalue weighted by atomic mass is 35.5. The molecule has 0 aliphatic rings. The van der Waals surface area contributed by atoms with Gasteiger partial charge in [-0.25, -0.2) is 8.42 Å².